The van der Waals surface area contributed by atoms with Crippen LogP contribution in [-0.4, -0.2) is 4.98 Å². The van der Waals surface area contributed by atoms with Gasteiger partial charge < -0.3 is 5.73 Å². The third-order valence-corrected chi connectivity index (χ3v) is 2.07. The van der Waals surface area contributed by atoms with Gasteiger partial charge in [0.15, 0.2) is 0 Å². The molecule has 1 rings (SSSR count). The number of halogens is 1. The lowest BCUT2D eigenvalue weighted by atomic mass is 9.83. The molecule has 72 valence electrons. The van der Waals surface area contributed by atoms with Crippen LogP contribution in [0.5, 0.6) is 0 Å². The van der Waals surface area contributed by atoms with E-state index < -0.39 is 0 Å². The van der Waals surface area contributed by atoms with Gasteiger partial charge in [0.05, 0.1) is 6.20 Å². The first-order valence-corrected chi connectivity index (χ1v) is 4.28. The van der Waals surface area contributed by atoms with Gasteiger partial charge in [-0.2, -0.15) is 0 Å². The summed E-state index contributed by atoms with van der Waals surface area (Å²) in [6.07, 6.45) is 2.75. The van der Waals surface area contributed by atoms with Crippen molar-refractivity contribution < 1.29 is 4.39 Å². The Morgan fingerprint density at radius 2 is 2.08 bits per heavy atom. The Hall–Kier alpha value is -0.960. The lowest BCUT2D eigenvalue weighted by Gasteiger charge is -2.27. The molecule has 0 saturated heterocycles. The van der Waals surface area contributed by atoms with Crippen LogP contribution in [0.25, 0.3) is 0 Å². The molecule has 1 aromatic heterocycles. The summed E-state index contributed by atoms with van der Waals surface area (Å²) in [5.41, 5.74) is 6.30. The number of hydrogen-bond donors (Lipinski definition) is 1. The van der Waals surface area contributed by atoms with E-state index in [1.54, 1.807) is 12.3 Å². The molecule has 0 fully saturated rings. The van der Waals surface area contributed by atoms with Crippen molar-refractivity contribution in [2.75, 3.05) is 0 Å². The first kappa shape index (κ1) is 10.1. The van der Waals surface area contributed by atoms with Crippen molar-refractivity contribution in [3.8, 4) is 0 Å². The van der Waals surface area contributed by atoms with E-state index >= 15 is 0 Å². The number of pyridine rings is 1. The molecule has 0 aliphatic heterocycles. The van der Waals surface area contributed by atoms with Crippen molar-refractivity contribution in [1.82, 2.24) is 4.98 Å². The quantitative estimate of drug-likeness (QED) is 0.723. The third kappa shape index (κ3) is 2.25. The highest BCUT2D eigenvalue weighted by Gasteiger charge is 2.24. The summed E-state index contributed by atoms with van der Waals surface area (Å²) in [7, 11) is 0. The van der Waals surface area contributed by atoms with Crippen molar-refractivity contribution >= 4 is 0 Å². The number of nitrogens with two attached hydrogens (primary N) is 1. The molecule has 0 aromatic carbocycles. The Labute approximate surface area is 78.0 Å². The van der Waals surface area contributed by atoms with Crippen LogP contribution < -0.4 is 5.73 Å². The van der Waals surface area contributed by atoms with Gasteiger partial charge in [-0.1, -0.05) is 20.8 Å². The fourth-order valence-corrected chi connectivity index (χ4v) is 1.10. The summed E-state index contributed by atoms with van der Waals surface area (Å²) < 4.78 is 13.2. The molecule has 1 atom stereocenters. The number of nitrogens with zero attached hydrogens (tertiary/aromatic N) is 1. The summed E-state index contributed by atoms with van der Waals surface area (Å²) in [4.78, 5) is 3.68. The summed E-state index contributed by atoms with van der Waals surface area (Å²) in [5, 5.41) is 0. The maximum atomic E-state index is 13.2. The fourth-order valence-electron chi connectivity index (χ4n) is 1.10. The van der Waals surface area contributed by atoms with Gasteiger partial charge in [-0.25, -0.2) is 4.39 Å². The van der Waals surface area contributed by atoms with Crippen molar-refractivity contribution in [2.45, 2.75) is 26.8 Å². The summed E-state index contributed by atoms with van der Waals surface area (Å²) in [6, 6.07) is 1.33. The van der Waals surface area contributed by atoms with Crippen LogP contribution in [0.2, 0.25) is 0 Å². The molecule has 0 aliphatic carbocycles. The second kappa shape index (κ2) is 3.42. The van der Waals surface area contributed by atoms with Gasteiger partial charge in [-0.3, -0.25) is 4.98 Å². The minimum atomic E-state index is -0.329. The van der Waals surface area contributed by atoms with E-state index in [-0.39, 0.29) is 17.3 Å². The zero-order valence-electron chi connectivity index (χ0n) is 8.21. The predicted octanol–water partition coefficient (Wildman–Crippen LogP) is 2.27. The van der Waals surface area contributed by atoms with E-state index in [1.165, 1.54) is 6.20 Å². The Balaban J connectivity index is 3.02. The molecular weight excluding hydrogens is 167 g/mol. The van der Waals surface area contributed by atoms with Gasteiger partial charge in [0.2, 0.25) is 0 Å². The highest BCUT2D eigenvalue weighted by molar-refractivity contribution is 5.18. The van der Waals surface area contributed by atoms with Crippen molar-refractivity contribution in [3.63, 3.8) is 0 Å². The molecule has 0 bridgehead atoms. The average Bonchev–Trinajstić information content (AvgIpc) is 2.02. The second-order valence-electron chi connectivity index (χ2n) is 4.24. The highest BCUT2D eigenvalue weighted by atomic mass is 19.1. The van der Waals surface area contributed by atoms with Gasteiger partial charge in [-0.05, 0) is 11.5 Å². The van der Waals surface area contributed by atoms with Crippen LogP contribution in [0.15, 0.2) is 18.5 Å². The van der Waals surface area contributed by atoms with Crippen LogP contribution in [-0.2, 0) is 0 Å². The standard InChI is InChI=1S/C10H15FN2/c1-10(2,3)9(12)7-4-5-13-6-8(7)11/h4-6,9H,12H2,1-3H3. The van der Waals surface area contributed by atoms with Crippen LogP contribution in [0.1, 0.15) is 32.4 Å². The van der Waals surface area contributed by atoms with E-state index in [0.29, 0.717) is 5.56 Å². The highest BCUT2D eigenvalue weighted by Crippen LogP contribution is 2.31. The second-order valence-corrected chi connectivity index (χ2v) is 4.24. The topological polar surface area (TPSA) is 38.9 Å². The normalized spacial score (nSPS) is 14.2. The summed E-state index contributed by atoms with van der Waals surface area (Å²) >= 11 is 0. The first-order chi connectivity index (χ1) is 5.93. The lowest BCUT2D eigenvalue weighted by molar-refractivity contribution is 0.319. The molecule has 3 heteroatoms. The van der Waals surface area contributed by atoms with Gasteiger partial charge in [0.1, 0.15) is 5.82 Å². The number of aromatic nitrogens is 1. The molecule has 0 radical (unpaired) electrons. The van der Waals surface area contributed by atoms with Gasteiger partial charge in [-0.15, -0.1) is 0 Å². The van der Waals surface area contributed by atoms with E-state index in [0.717, 1.165) is 0 Å². The molecular formula is C10H15FN2. The number of rotatable bonds is 1. The largest absolute Gasteiger partial charge is 0.323 e. The van der Waals surface area contributed by atoms with Gasteiger partial charge in [0, 0.05) is 17.8 Å². The maximum Gasteiger partial charge on any atom is 0.146 e. The zero-order chi connectivity index (χ0) is 10.1. The van der Waals surface area contributed by atoms with Gasteiger partial charge in [0.25, 0.3) is 0 Å². The Morgan fingerprint density at radius 3 is 2.54 bits per heavy atom. The molecule has 0 spiro atoms. The first-order valence-electron chi connectivity index (χ1n) is 4.28. The molecule has 0 aliphatic rings. The minimum Gasteiger partial charge on any atom is -0.323 e. The lowest BCUT2D eigenvalue weighted by Crippen LogP contribution is -2.27. The van der Waals surface area contributed by atoms with E-state index in [9.17, 15) is 4.39 Å². The number of hydrogen-bond acceptors (Lipinski definition) is 2. The minimum absolute atomic E-state index is 0.137. The van der Waals surface area contributed by atoms with Crippen LogP contribution in [0.4, 0.5) is 4.39 Å². The molecule has 1 aromatic rings. The third-order valence-electron chi connectivity index (χ3n) is 2.07. The van der Waals surface area contributed by atoms with Gasteiger partial charge >= 0.3 is 0 Å². The maximum absolute atomic E-state index is 13.2. The van der Waals surface area contributed by atoms with Crippen LogP contribution >= 0.6 is 0 Å². The Morgan fingerprint density at radius 1 is 1.46 bits per heavy atom. The molecule has 1 heterocycles. The van der Waals surface area contributed by atoms with Crippen LogP contribution in [0, 0.1) is 11.2 Å². The molecule has 2 N–H and O–H groups in total. The van der Waals surface area contributed by atoms with Crippen molar-refractivity contribution in [3.05, 3.63) is 29.8 Å². The van der Waals surface area contributed by atoms with Crippen molar-refractivity contribution in [2.24, 2.45) is 11.1 Å². The monoisotopic (exact) mass is 182 g/mol. The molecule has 13 heavy (non-hydrogen) atoms. The smallest absolute Gasteiger partial charge is 0.146 e. The predicted molar refractivity (Wildman–Crippen MR) is 50.6 cm³/mol. The summed E-state index contributed by atoms with van der Waals surface area (Å²) in [5.74, 6) is -0.329. The van der Waals surface area contributed by atoms with E-state index in [4.69, 9.17) is 5.73 Å². The van der Waals surface area contributed by atoms with E-state index in [1.807, 2.05) is 20.8 Å². The SMILES string of the molecule is CC(C)(C)C(N)c1ccncc1F. The van der Waals surface area contributed by atoms with E-state index in [2.05, 4.69) is 4.98 Å². The molecule has 0 saturated carbocycles. The zero-order valence-corrected chi connectivity index (χ0v) is 8.21. The average molecular weight is 182 g/mol. The molecule has 2 nitrogen and oxygen atoms in total. The molecule has 1 unspecified atom stereocenters. The fraction of sp³-hybridized carbons (Fsp3) is 0.500. The summed E-state index contributed by atoms with van der Waals surface area (Å²) in [6.45, 7) is 5.95. The Bertz CT molecular complexity index is 291. The molecule has 0 amide bonds. The Kier molecular flexibility index (Phi) is 2.66. The van der Waals surface area contributed by atoms with Crippen LogP contribution in [0.3, 0.4) is 0 Å². The van der Waals surface area contributed by atoms with Crippen molar-refractivity contribution in [1.29, 1.82) is 0 Å².